The zero-order valence-electron chi connectivity index (χ0n) is 64.9. The van der Waals surface area contributed by atoms with E-state index in [9.17, 15) is 45.6 Å². The van der Waals surface area contributed by atoms with Crippen molar-refractivity contribution in [2.24, 2.45) is 0 Å². The van der Waals surface area contributed by atoms with Crippen molar-refractivity contribution < 1.29 is 64.6 Å². The molecular weight excluding hydrogens is 1270 g/mol. The minimum atomic E-state index is -1.79. The first-order chi connectivity index (χ1) is 49.6. The van der Waals surface area contributed by atoms with E-state index in [1.165, 1.54) is 283 Å². The summed E-state index contributed by atoms with van der Waals surface area (Å²) < 4.78 is 22.9. The van der Waals surface area contributed by atoms with Gasteiger partial charge in [0.25, 0.3) is 0 Å². The summed E-state index contributed by atoms with van der Waals surface area (Å²) in [5, 5.41) is 87.8. The van der Waals surface area contributed by atoms with Crippen LogP contribution in [0.15, 0.2) is 72.9 Å². The van der Waals surface area contributed by atoms with Crippen LogP contribution in [0.4, 0.5) is 0 Å². The van der Waals surface area contributed by atoms with E-state index in [0.29, 0.717) is 6.42 Å². The average Bonchev–Trinajstić information content (AvgIpc) is 0.792. The van der Waals surface area contributed by atoms with Crippen molar-refractivity contribution in [1.29, 1.82) is 0 Å². The number of allylic oxidation sites excluding steroid dienone is 11. The number of hydrogen-bond donors (Lipinski definition) is 9. The van der Waals surface area contributed by atoms with Gasteiger partial charge in [-0.3, -0.25) is 4.79 Å². The zero-order chi connectivity index (χ0) is 73.0. The summed E-state index contributed by atoms with van der Waals surface area (Å²) in [5.41, 5.74) is 0. The van der Waals surface area contributed by atoms with Gasteiger partial charge >= 0.3 is 0 Å². The van der Waals surface area contributed by atoms with Gasteiger partial charge in [-0.1, -0.05) is 382 Å². The first-order valence-corrected chi connectivity index (χ1v) is 42.7. The van der Waals surface area contributed by atoms with Gasteiger partial charge in [-0.2, -0.15) is 0 Å². The number of ether oxygens (including phenoxy) is 4. The van der Waals surface area contributed by atoms with Crippen LogP contribution in [0.5, 0.6) is 0 Å². The Morgan fingerprint density at radius 3 is 1.05 bits per heavy atom. The molecule has 9 N–H and O–H groups in total. The van der Waals surface area contributed by atoms with Gasteiger partial charge < -0.3 is 65.1 Å². The zero-order valence-corrected chi connectivity index (χ0v) is 64.9. The standard InChI is InChI=1S/C87H159NO13/c1-3-5-7-9-11-13-15-17-19-21-23-25-27-29-31-32-33-34-35-36-37-38-39-40-41-42-43-44-45-47-49-51-53-55-57-59-61-63-65-67-69-71-79(92)88-75(74-98-86-84(97)82(95)85(78(73-90)100-86)101-87-83(96)81(94)80(93)77(72-89)99-87)76(91)70-68-66-64-62-60-58-56-54-52-50-48-46-30-28-26-24-22-20-18-16-14-12-10-8-6-4-2/h5,7,11,13,17,19,23,25,29,31,68,70,75-78,80-87,89-91,93-97H,3-4,6,8-10,12,14-16,18,20-22,24,26-28,30,32-67,69,71-74H2,1-2H3,(H,88,92)/b7-5-,13-11-,19-17-,25-23-,31-29-,70-68+. The molecule has 0 radical (unpaired) electrons. The van der Waals surface area contributed by atoms with Gasteiger partial charge in [-0.25, -0.2) is 0 Å². The van der Waals surface area contributed by atoms with Crippen molar-refractivity contribution in [2.75, 3.05) is 19.8 Å². The fourth-order valence-electron chi connectivity index (χ4n) is 14.0. The second-order valence-corrected chi connectivity index (χ2v) is 29.9. The van der Waals surface area contributed by atoms with Crippen LogP contribution in [-0.4, -0.2) is 140 Å². The number of unbranched alkanes of at least 4 members (excludes halogenated alkanes) is 49. The Kier molecular flexibility index (Phi) is 65.9. The smallest absolute Gasteiger partial charge is 0.220 e. The molecule has 2 fully saturated rings. The molecule has 0 aromatic heterocycles. The van der Waals surface area contributed by atoms with Gasteiger partial charge in [-0.05, 0) is 64.2 Å². The lowest BCUT2D eigenvalue weighted by Crippen LogP contribution is -2.65. The quantitative estimate of drug-likeness (QED) is 0.0204. The van der Waals surface area contributed by atoms with E-state index < -0.39 is 86.8 Å². The second kappa shape index (κ2) is 70.4. The molecule has 1 amide bonds. The Bertz CT molecular complexity index is 1980. The van der Waals surface area contributed by atoms with E-state index >= 15 is 0 Å². The van der Waals surface area contributed by atoms with E-state index in [2.05, 4.69) is 79.9 Å². The van der Waals surface area contributed by atoms with Crippen LogP contribution < -0.4 is 5.32 Å². The monoisotopic (exact) mass is 1430 g/mol. The van der Waals surface area contributed by atoms with Gasteiger partial charge in [-0.15, -0.1) is 0 Å². The van der Waals surface area contributed by atoms with Crippen molar-refractivity contribution in [2.45, 2.75) is 453 Å². The van der Waals surface area contributed by atoms with Gasteiger partial charge in [0.1, 0.15) is 48.8 Å². The third-order valence-corrected chi connectivity index (χ3v) is 20.6. The third kappa shape index (κ3) is 53.0. The molecule has 2 saturated heterocycles. The Hall–Kier alpha value is -2.57. The van der Waals surface area contributed by atoms with Crippen LogP contribution in [0.1, 0.15) is 380 Å². The summed E-state index contributed by atoms with van der Waals surface area (Å²) in [6, 6.07) is -0.917. The Morgan fingerprint density at radius 1 is 0.366 bits per heavy atom. The van der Waals surface area contributed by atoms with Crippen molar-refractivity contribution in [1.82, 2.24) is 5.32 Å². The summed E-state index contributed by atoms with van der Waals surface area (Å²) in [5.74, 6) is -0.232. The third-order valence-electron chi connectivity index (χ3n) is 20.6. The molecule has 12 unspecified atom stereocenters. The van der Waals surface area contributed by atoms with E-state index in [0.717, 1.165) is 70.6 Å². The minimum absolute atomic E-state index is 0.232. The molecule has 101 heavy (non-hydrogen) atoms. The summed E-state index contributed by atoms with van der Waals surface area (Å²) in [4.78, 5) is 13.4. The molecule has 590 valence electrons. The molecule has 0 bridgehead atoms. The first kappa shape index (κ1) is 94.5. The molecule has 0 saturated carbocycles. The molecule has 2 rings (SSSR count). The van der Waals surface area contributed by atoms with Crippen molar-refractivity contribution in [3.63, 3.8) is 0 Å². The number of rotatable bonds is 72. The molecule has 0 spiro atoms. The number of amides is 1. The van der Waals surface area contributed by atoms with E-state index in [1.54, 1.807) is 6.08 Å². The summed E-state index contributed by atoms with van der Waals surface area (Å²) in [7, 11) is 0. The number of nitrogens with one attached hydrogen (secondary N) is 1. The predicted molar refractivity (Wildman–Crippen MR) is 420 cm³/mol. The average molecular weight is 1430 g/mol. The molecular formula is C87H159NO13. The Morgan fingerprint density at radius 2 is 0.683 bits per heavy atom. The number of aliphatic hydroxyl groups excluding tert-OH is 8. The van der Waals surface area contributed by atoms with Crippen molar-refractivity contribution in [3.8, 4) is 0 Å². The highest BCUT2D eigenvalue weighted by atomic mass is 16.7. The van der Waals surface area contributed by atoms with Crippen molar-refractivity contribution >= 4 is 5.91 Å². The fourth-order valence-corrected chi connectivity index (χ4v) is 14.0. The number of carbonyl (C=O) groups excluding carboxylic acids is 1. The van der Waals surface area contributed by atoms with E-state index in [4.69, 9.17) is 18.9 Å². The molecule has 14 nitrogen and oxygen atoms in total. The highest BCUT2D eigenvalue weighted by molar-refractivity contribution is 5.76. The van der Waals surface area contributed by atoms with E-state index in [1.807, 2.05) is 6.08 Å². The van der Waals surface area contributed by atoms with Crippen LogP contribution in [0.3, 0.4) is 0 Å². The molecule has 12 atom stereocenters. The summed E-state index contributed by atoms with van der Waals surface area (Å²) in [6.45, 7) is 2.75. The normalized spacial score (nSPS) is 22.1. The summed E-state index contributed by atoms with van der Waals surface area (Å²) >= 11 is 0. The van der Waals surface area contributed by atoms with Crippen LogP contribution in [0, 0.1) is 0 Å². The van der Waals surface area contributed by atoms with Gasteiger partial charge in [0, 0.05) is 6.42 Å². The minimum Gasteiger partial charge on any atom is -0.394 e. The largest absolute Gasteiger partial charge is 0.394 e. The number of hydrogen-bond acceptors (Lipinski definition) is 13. The molecule has 0 aliphatic carbocycles. The highest BCUT2D eigenvalue weighted by Gasteiger charge is 2.51. The maximum atomic E-state index is 13.4. The van der Waals surface area contributed by atoms with Gasteiger partial charge in [0.05, 0.1) is 32.0 Å². The predicted octanol–water partition coefficient (Wildman–Crippen LogP) is 20.1. The van der Waals surface area contributed by atoms with Crippen LogP contribution in [-0.2, 0) is 23.7 Å². The van der Waals surface area contributed by atoms with E-state index in [-0.39, 0.29) is 18.9 Å². The Labute approximate surface area is 618 Å². The van der Waals surface area contributed by atoms with Crippen molar-refractivity contribution in [3.05, 3.63) is 72.9 Å². The topological polar surface area (TPSA) is 228 Å². The van der Waals surface area contributed by atoms with Crippen LogP contribution >= 0.6 is 0 Å². The fraction of sp³-hybridized carbons (Fsp3) is 0.851. The van der Waals surface area contributed by atoms with Gasteiger partial charge in [0.2, 0.25) is 5.91 Å². The highest BCUT2D eigenvalue weighted by Crippen LogP contribution is 2.30. The molecule has 2 aliphatic rings. The molecule has 14 heteroatoms. The van der Waals surface area contributed by atoms with Gasteiger partial charge in [0.15, 0.2) is 12.6 Å². The lowest BCUT2D eigenvalue weighted by molar-refractivity contribution is -0.359. The molecule has 0 aromatic carbocycles. The van der Waals surface area contributed by atoms with Crippen LogP contribution in [0.25, 0.3) is 0 Å². The number of aliphatic hydroxyl groups is 8. The molecule has 0 aromatic rings. The molecule has 2 aliphatic heterocycles. The lowest BCUT2D eigenvalue weighted by atomic mass is 9.97. The maximum absolute atomic E-state index is 13.4. The lowest BCUT2D eigenvalue weighted by Gasteiger charge is -2.46. The summed E-state index contributed by atoms with van der Waals surface area (Å²) in [6.07, 6.45) is 81.4. The molecule has 2 heterocycles. The Balaban J connectivity index is 1.56. The first-order valence-electron chi connectivity index (χ1n) is 42.7. The van der Waals surface area contributed by atoms with Crippen LogP contribution in [0.2, 0.25) is 0 Å². The maximum Gasteiger partial charge on any atom is 0.220 e. The number of carbonyl (C=O) groups is 1. The second-order valence-electron chi connectivity index (χ2n) is 29.9. The SMILES string of the molecule is CC/C=C\C/C=C\C/C=C\C/C=C\C/C=C\CCCCCCCCCCCCCCCCCCCCCCCCCCCC(=O)NC(COC1OC(CO)C(OC2OC(CO)C(O)C(O)C2O)C(O)C1O)C(O)/C=C/CCCCCCCCCCCCCCCCCCCCCCCCCC.